The van der Waals surface area contributed by atoms with Crippen molar-refractivity contribution in [3.8, 4) is 0 Å². The normalized spacial score (nSPS) is 42.6. The first kappa shape index (κ1) is 13.8. The summed E-state index contributed by atoms with van der Waals surface area (Å²) in [7, 11) is 0. The average molecular weight is 208 g/mol. The van der Waals surface area contributed by atoms with Crippen molar-refractivity contribution in [2.24, 2.45) is 0 Å². The Hall–Kier alpha value is -0.200. The van der Waals surface area contributed by atoms with Gasteiger partial charge in [0.1, 0.15) is 24.4 Å². The summed E-state index contributed by atoms with van der Waals surface area (Å²) in [6.45, 7) is 5.21. The van der Waals surface area contributed by atoms with Crippen molar-refractivity contribution in [1.82, 2.24) is 0 Å². The van der Waals surface area contributed by atoms with Crippen LogP contribution in [0.2, 0.25) is 0 Å². The Morgan fingerprint density at radius 2 is 1.50 bits per heavy atom. The van der Waals surface area contributed by atoms with E-state index in [0.717, 1.165) is 0 Å². The smallest absolute Gasteiger partial charge is 0.111 e. The maximum atomic E-state index is 9.23. The molecule has 14 heavy (non-hydrogen) atoms. The maximum Gasteiger partial charge on any atom is 0.111 e. The SMILES string of the molecule is CC.CC1OC(CO)[C@@H](O)C(O)C1O. The van der Waals surface area contributed by atoms with Crippen molar-refractivity contribution in [1.29, 1.82) is 0 Å². The summed E-state index contributed by atoms with van der Waals surface area (Å²) in [5.41, 5.74) is 0. The Morgan fingerprint density at radius 1 is 1.00 bits per heavy atom. The van der Waals surface area contributed by atoms with Gasteiger partial charge in [0.2, 0.25) is 0 Å². The summed E-state index contributed by atoms with van der Waals surface area (Å²) in [6, 6.07) is 0. The van der Waals surface area contributed by atoms with E-state index in [1.807, 2.05) is 13.8 Å². The molecular formula is C9H20O5. The van der Waals surface area contributed by atoms with Crippen LogP contribution in [0.25, 0.3) is 0 Å². The van der Waals surface area contributed by atoms with Crippen molar-refractivity contribution >= 4 is 0 Å². The molecule has 5 atom stereocenters. The molecule has 0 radical (unpaired) electrons. The summed E-state index contributed by atoms with van der Waals surface area (Å²) in [5.74, 6) is 0. The van der Waals surface area contributed by atoms with Crippen LogP contribution in [0, 0.1) is 0 Å². The van der Waals surface area contributed by atoms with Crippen LogP contribution < -0.4 is 0 Å². The van der Waals surface area contributed by atoms with Gasteiger partial charge < -0.3 is 25.2 Å². The molecule has 0 aromatic carbocycles. The lowest BCUT2D eigenvalue weighted by atomic mass is 9.96. The van der Waals surface area contributed by atoms with Gasteiger partial charge in [0, 0.05) is 0 Å². The molecule has 1 heterocycles. The fraction of sp³-hybridized carbons (Fsp3) is 1.00. The van der Waals surface area contributed by atoms with Gasteiger partial charge in [-0.25, -0.2) is 0 Å². The van der Waals surface area contributed by atoms with E-state index >= 15 is 0 Å². The molecule has 1 saturated heterocycles. The first-order valence-corrected chi connectivity index (χ1v) is 4.88. The highest BCUT2D eigenvalue weighted by Crippen LogP contribution is 2.20. The van der Waals surface area contributed by atoms with Gasteiger partial charge in [-0.1, -0.05) is 13.8 Å². The fourth-order valence-corrected chi connectivity index (χ4v) is 1.29. The van der Waals surface area contributed by atoms with Crippen LogP contribution >= 0.6 is 0 Å². The largest absolute Gasteiger partial charge is 0.394 e. The van der Waals surface area contributed by atoms with Gasteiger partial charge in [0.25, 0.3) is 0 Å². The van der Waals surface area contributed by atoms with Gasteiger partial charge in [-0.3, -0.25) is 0 Å². The quantitative estimate of drug-likeness (QED) is 0.438. The van der Waals surface area contributed by atoms with Crippen molar-refractivity contribution in [2.75, 3.05) is 6.61 Å². The van der Waals surface area contributed by atoms with Crippen LogP contribution in [-0.4, -0.2) is 57.6 Å². The molecule has 1 aliphatic heterocycles. The Kier molecular flexibility index (Phi) is 6.22. The van der Waals surface area contributed by atoms with Crippen molar-refractivity contribution < 1.29 is 25.2 Å². The topological polar surface area (TPSA) is 90.2 Å². The zero-order chi connectivity index (χ0) is 11.3. The molecule has 0 aromatic heterocycles. The lowest BCUT2D eigenvalue weighted by molar-refractivity contribution is -0.224. The first-order valence-electron chi connectivity index (χ1n) is 4.88. The number of aliphatic hydroxyl groups excluding tert-OH is 4. The fourth-order valence-electron chi connectivity index (χ4n) is 1.29. The second-order valence-electron chi connectivity index (χ2n) is 3.03. The predicted molar refractivity (Wildman–Crippen MR) is 50.8 cm³/mol. The molecule has 0 aliphatic carbocycles. The maximum absolute atomic E-state index is 9.23. The Balaban J connectivity index is 0.000000791. The average Bonchev–Trinajstić information content (AvgIpc) is 2.23. The highest BCUT2D eigenvalue weighted by Gasteiger charge is 2.41. The molecule has 4 N–H and O–H groups in total. The monoisotopic (exact) mass is 208 g/mol. The van der Waals surface area contributed by atoms with E-state index < -0.39 is 30.5 Å². The third-order valence-corrected chi connectivity index (χ3v) is 2.13. The highest BCUT2D eigenvalue weighted by molar-refractivity contribution is 4.89. The van der Waals surface area contributed by atoms with Crippen LogP contribution in [0.3, 0.4) is 0 Å². The molecule has 0 spiro atoms. The van der Waals surface area contributed by atoms with E-state index in [4.69, 9.17) is 9.84 Å². The van der Waals surface area contributed by atoms with Gasteiger partial charge >= 0.3 is 0 Å². The molecule has 0 bridgehead atoms. The summed E-state index contributed by atoms with van der Waals surface area (Å²) >= 11 is 0. The summed E-state index contributed by atoms with van der Waals surface area (Å²) in [6.07, 6.45) is -4.94. The standard InChI is InChI=1S/C7H14O5.C2H6/c1-3-5(9)7(11)6(10)4(2-8)12-3;1-2/h3-11H,2H2,1H3;1-2H3/t3?,4?,5?,6-,7?;/m1./s1. The molecule has 4 unspecified atom stereocenters. The minimum atomic E-state index is -1.24. The molecule has 5 heteroatoms. The number of hydrogen-bond donors (Lipinski definition) is 4. The second kappa shape index (κ2) is 6.31. The molecule has 0 saturated carbocycles. The number of aliphatic hydroxyl groups is 4. The summed E-state index contributed by atoms with van der Waals surface area (Å²) in [4.78, 5) is 0. The Morgan fingerprint density at radius 3 is 1.93 bits per heavy atom. The third kappa shape index (κ3) is 2.90. The van der Waals surface area contributed by atoms with Crippen LogP contribution in [0.1, 0.15) is 20.8 Å². The third-order valence-electron chi connectivity index (χ3n) is 2.13. The molecular weight excluding hydrogens is 188 g/mol. The minimum Gasteiger partial charge on any atom is -0.394 e. The van der Waals surface area contributed by atoms with Gasteiger partial charge in [-0.05, 0) is 6.92 Å². The zero-order valence-corrected chi connectivity index (χ0v) is 8.79. The van der Waals surface area contributed by atoms with E-state index in [-0.39, 0.29) is 6.61 Å². The molecule has 0 amide bonds. The number of rotatable bonds is 1. The summed E-state index contributed by atoms with van der Waals surface area (Å²) in [5, 5.41) is 36.4. The lowest BCUT2D eigenvalue weighted by Gasteiger charge is -2.38. The van der Waals surface area contributed by atoms with Crippen molar-refractivity contribution in [2.45, 2.75) is 51.3 Å². The van der Waals surface area contributed by atoms with E-state index in [9.17, 15) is 15.3 Å². The van der Waals surface area contributed by atoms with E-state index in [1.165, 1.54) is 0 Å². The highest BCUT2D eigenvalue weighted by atomic mass is 16.5. The van der Waals surface area contributed by atoms with Crippen LogP contribution in [-0.2, 0) is 4.74 Å². The van der Waals surface area contributed by atoms with E-state index in [1.54, 1.807) is 6.92 Å². The lowest BCUT2D eigenvalue weighted by Crippen LogP contribution is -2.57. The number of ether oxygens (including phenoxy) is 1. The molecule has 1 rings (SSSR count). The summed E-state index contributed by atoms with van der Waals surface area (Å²) < 4.78 is 5.02. The van der Waals surface area contributed by atoms with Crippen molar-refractivity contribution in [3.05, 3.63) is 0 Å². The van der Waals surface area contributed by atoms with Gasteiger partial charge in [-0.2, -0.15) is 0 Å². The molecule has 5 nitrogen and oxygen atoms in total. The molecule has 86 valence electrons. The van der Waals surface area contributed by atoms with Crippen LogP contribution in [0.5, 0.6) is 0 Å². The van der Waals surface area contributed by atoms with Gasteiger partial charge in [0.15, 0.2) is 0 Å². The van der Waals surface area contributed by atoms with Crippen LogP contribution in [0.15, 0.2) is 0 Å². The first-order chi connectivity index (χ1) is 6.57. The van der Waals surface area contributed by atoms with E-state index in [2.05, 4.69) is 0 Å². The molecule has 0 aromatic rings. The van der Waals surface area contributed by atoms with Crippen molar-refractivity contribution in [3.63, 3.8) is 0 Å². The Bertz CT molecular complexity index is 147. The second-order valence-corrected chi connectivity index (χ2v) is 3.03. The number of hydrogen-bond acceptors (Lipinski definition) is 5. The van der Waals surface area contributed by atoms with E-state index in [0.29, 0.717) is 0 Å². The zero-order valence-electron chi connectivity index (χ0n) is 8.79. The van der Waals surface area contributed by atoms with Gasteiger partial charge in [0.05, 0.1) is 12.7 Å². The Labute approximate surface area is 83.9 Å². The van der Waals surface area contributed by atoms with Gasteiger partial charge in [-0.15, -0.1) is 0 Å². The van der Waals surface area contributed by atoms with Crippen LogP contribution in [0.4, 0.5) is 0 Å². The molecule has 1 fully saturated rings. The molecule has 1 aliphatic rings. The predicted octanol–water partition coefficient (Wildman–Crippen LogP) is -1.13. The minimum absolute atomic E-state index is 0.366.